The second kappa shape index (κ2) is 9.54. The first-order valence-corrected chi connectivity index (χ1v) is 12.1. The number of rotatable bonds is 8. The summed E-state index contributed by atoms with van der Waals surface area (Å²) >= 11 is 0. The molecule has 9 heteroatoms. The number of likely N-dealkylation sites (N-methyl/N-ethyl adjacent to an activating group) is 1. The quantitative estimate of drug-likeness (QED) is 0.612. The van der Waals surface area contributed by atoms with Gasteiger partial charge in [-0.25, -0.2) is 4.79 Å². The van der Waals surface area contributed by atoms with Gasteiger partial charge >= 0.3 is 6.03 Å². The molecular weight excluding hydrogens is 434 g/mol. The number of benzene rings is 1. The molecule has 4 amide bonds. The summed E-state index contributed by atoms with van der Waals surface area (Å²) in [6.45, 7) is 2.32. The summed E-state index contributed by atoms with van der Waals surface area (Å²) in [5.41, 5.74) is 6.16. The first-order chi connectivity index (χ1) is 16.2. The molecule has 1 saturated carbocycles. The monoisotopic (exact) mass is 471 g/mol. The van der Waals surface area contributed by atoms with Crippen LogP contribution in [-0.2, 0) is 19.9 Å². The van der Waals surface area contributed by atoms with Gasteiger partial charge in [0.15, 0.2) is 0 Å². The van der Waals surface area contributed by atoms with E-state index in [0.717, 1.165) is 25.7 Å². The third-order valence-corrected chi connectivity index (χ3v) is 8.03. The lowest BCUT2D eigenvalue weighted by Crippen LogP contribution is -2.57. The standard InChI is InChI=1S/C25H37N5O4/c1-27(2)25(20-7-5-4-6-8-20)11-9-24(10-12-25)18-29(15-22(32)28(3)14-21(26)31)23(33)30(24)13-19-16-34-17-19/h4-8,19H,9-18H2,1-3H3,(H2,26,31). The molecule has 2 saturated heterocycles. The van der Waals surface area contributed by atoms with Crippen molar-refractivity contribution in [3.63, 3.8) is 0 Å². The molecule has 4 rings (SSSR count). The number of urea groups is 1. The number of carbonyl (C=O) groups excluding carboxylic acids is 3. The van der Waals surface area contributed by atoms with E-state index in [0.29, 0.717) is 32.2 Å². The Morgan fingerprint density at radius 2 is 1.74 bits per heavy atom. The zero-order chi connectivity index (χ0) is 24.5. The normalized spacial score (nSPS) is 27.4. The Labute approximate surface area is 201 Å². The predicted molar refractivity (Wildman–Crippen MR) is 128 cm³/mol. The molecule has 2 N–H and O–H groups in total. The number of nitrogens with two attached hydrogens (primary N) is 1. The number of hydrogen-bond acceptors (Lipinski definition) is 5. The third-order valence-electron chi connectivity index (χ3n) is 8.03. The van der Waals surface area contributed by atoms with E-state index in [2.05, 4.69) is 43.3 Å². The first kappa shape index (κ1) is 24.5. The maximum atomic E-state index is 13.5. The van der Waals surface area contributed by atoms with Crippen molar-refractivity contribution in [2.45, 2.75) is 36.8 Å². The van der Waals surface area contributed by atoms with Gasteiger partial charge in [-0.1, -0.05) is 30.3 Å². The Kier molecular flexibility index (Phi) is 6.87. The van der Waals surface area contributed by atoms with Crippen LogP contribution in [0.25, 0.3) is 0 Å². The summed E-state index contributed by atoms with van der Waals surface area (Å²) < 4.78 is 5.38. The molecule has 1 aromatic carbocycles. The van der Waals surface area contributed by atoms with Gasteiger partial charge in [0.1, 0.15) is 6.54 Å². The fraction of sp³-hybridized carbons (Fsp3) is 0.640. The average molecular weight is 472 g/mol. The number of ether oxygens (including phenoxy) is 1. The van der Waals surface area contributed by atoms with E-state index in [1.807, 2.05) is 11.0 Å². The van der Waals surface area contributed by atoms with Crippen molar-refractivity contribution < 1.29 is 19.1 Å². The molecule has 2 heterocycles. The van der Waals surface area contributed by atoms with Crippen molar-refractivity contribution in [3.05, 3.63) is 35.9 Å². The molecule has 0 unspecified atom stereocenters. The number of hydrogen-bond donors (Lipinski definition) is 1. The molecule has 1 spiro atoms. The van der Waals surface area contributed by atoms with Gasteiger partial charge < -0.3 is 25.2 Å². The van der Waals surface area contributed by atoms with Crippen LogP contribution in [0.1, 0.15) is 31.2 Å². The van der Waals surface area contributed by atoms with Gasteiger partial charge in [0.2, 0.25) is 11.8 Å². The minimum Gasteiger partial charge on any atom is -0.381 e. The second-order valence-corrected chi connectivity index (χ2v) is 10.4. The van der Waals surface area contributed by atoms with Gasteiger partial charge in [-0.05, 0) is 45.3 Å². The van der Waals surface area contributed by atoms with Crippen LogP contribution in [0.15, 0.2) is 30.3 Å². The van der Waals surface area contributed by atoms with E-state index in [4.69, 9.17) is 10.5 Å². The second-order valence-electron chi connectivity index (χ2n) is 10.4. The molecule has 0 bridgehead atoms. The molecule has 3 aliphatic rings. The number of carbonyl (C=O) groups is 3. The highest BCUT2D eigenvalue weighted by molar-refractivity contribution is 5.88. The zero-order valence-corrected chi connectivity index (χ0v) is 20.5. The van der Waals surface area contributed by atoms with Crippen LogP contribution in [0.3, 0.4) is 0 Å². The predicted octanol–water partition coefficient (Wildman–Crippen LogP) is 1.08. The van der Waals surface area contributed by atoms with Crippen LogP contribution in [0.4, 0.5) is 4.79 Å². The summed E-state index contributed by atoms with van der Waals surface area (Å²) in [6.07, 6.45) is 3.58. The van der Waals surface area contributed by atoms with Crippen molar-refractivity contribution in [1.29, 1.82) is 0 Å². The zero-order valence-electron chi connectivity index (χ0n) is 20.5. The van der Waals surface area contributed by atoms with Crippen LogP contribution < -0.4 is 5.73 Å². The van der Waals surface area contributed by atoms with Crippen molar-refractivity contribution >= 4 is 17.8 Å². The molecule has 2 aliphatic heterocycles. The number of amides is 4. The van der Waals surface area contributed by atoms with Crippen molar-refractivity contribution in [3.8, 4) is 0 Å². The molecule has 34 heavy (non-hydrogen) atoms. The molecule has 0 radical (unpaired) electrons. The van der Waals surface area contributed by atoms with Gasteiger partial charge in [0.25, 0.3) is 0 Å². The van der Waals surface area contributed by atoms with Gasteiger partial charge in [-0.15, -0.1) is 0 Å². The summed E-state index contributed by atoms with van der Waals surface area (Å²) in [7, 11) is 5.81. The van der Waals surface area contributed by atoms with Gasteiger partial charge in [0, 0.05) is 31.6 Å². The fourth-order valence-electron chi connectivity index (χ4n) is 5.83. The maximum Gasteiger partial charge on any atom is 0.321 e. The van der Waals surface area contributed by atoms with E-state index >= 15 is 0 Å². The SMILES string of the molecule is CN(CC(N)=O)C(=O)CN1CC2(CCC(c3ccccc3)(N(C)C)CC2)N(CC2COC2)C1=O. The summed E-state index contributed by atoms with van der Waals surface area (Å²) in [5.74, 6) is -0.512. The highest BCUT2D eigenvalue weighted by atomic mass is 16.5. The molecular formula is C25H37N5O4. The van der Waals surface area contributed by atoms with Gasteiger partial charge in [-0.2, -0.15) is 0 Å². The van der Waals surface area contributed by atoms with Crippen LogP contribution in [0.2, 0.25) is 0 Å². The molecule has 1 aromatic rings. The minimum atomic E-state index is -0.570. The summed E-state index contributed by atoms with van der Waals surface area (Å²) in [5, 5.41) is 0. The maximum absolute atomic E-state index is 13.5. The Morgan fingerprint density at radius 1 is 1.09 bits per heavy atom. The Hall–Kier alpha value is -2.65. The lowest BCUT2D eigenvalue weighted by molar-refractivity contribution is -0.134. The molecule has 186 valence electrons. The molecule has 9 nitrogen and oxygen atoms in total. The Bertz CT molecular complexity index is 909. The molecule has 3 fully saturated rings. The van der Waals surface area contributed by atoms with E-state index in [1.165, 1.54) is 10.5 Å². The van der Waals surface area contributed by atoms with Crippen molar-refractivity contribution in [2.75, 3.05) is 60.5 Å². The van der Waals surface area contributed by atoms with Gasteiger partial charge in [-0.3, -0.25) is 14.5 Å². The van der Waals surface area contributed by atoms with Crippen molar-refractivity contribution in [2.24, 2.45) is 11.7 Å². The van der Waals surface area contributed by atoms with Crippen LogP contribution in [0, 0.1) is 5.92 Å². The molecule has 1 aliphatic carbocycles. The summed E-state index contributed by atoms with van der Waals surface area (Å²) in [6, 6.07) is 10.5. The smallest absolute Gasteiger partial charge is 0.321 e. The average Bonchev–Trinajstić information content (AvgIpc) is 3.01. The Balaban J connectivity index is 1.54. The number of nitrogens with zero attached hydrogens (tertiary/aromatic N) is 4. The topological polar surface area (TPSA) is 99.4 Å². The highest BCUT2D eigenvalue weighted by Crippen LogP contribution is 2.49. The fourth-order valence-corrected chi connectivity index (χ4v) is 5.83. The Morgan fingerprint density at radius 3 is 2.26 bits per heavy atom. The summed E-state index contributed by atoms with van der Waals surface area (Å²) in [4.78, 5) is 44.8. The highest BCUT2D eigenvalue weighted by Gasteiger charge is 2.55. The van der Waals surface area contributed by atoms with Crippen molar-refractivity contribution in [1.82, 2.24) is 19.6 Å². The van der Waals surface area contributed by atoms with E-state index in [-0.39, 0.29) is 36.1 Å². The first-order valence-electron chi connectivity index (χ1n) is 12.1. The number of primary amides is 1. The van der Waals surface area contributed by atoms with Crippen LogP contribution >= 0.6 is 0 Å². The van der Waals surface area contributed by atoms with E-state index in [1.54, 1.807) is 11.9 Å². The lowest BCUT2D eigenvalue weighted by atomic mass is 9.68. The minimum absolute atomic E-state index is 0.0421. The lowest BCUT2D eigenvalue weighted by Gasteiger charge is -2.51. The largest absolute Gasteiger partial charge is 0.381 e. The molecule has 0 atom stereocenters. The van der Waals surface area contributed by atoms with E-state index < -0.39 is 5.91 Å². The van der Waals surface area contributed by atoms with Crippen LogP contribution in [-0.4, -0.2) is 104 Å². The van der Waals surface area contributed by atoms with Crippen LogP contribution in [0.5, 0.6) is 0 Å². The van der Waals surface area contributed by atoms with Gasteiger partial charge in [0.05, 0.1) is 25.3 Å². The third kappa shape index (κ3) is 4.51. The van der Waals surface area contributed by atoms with E-state index in [9.17, 15) is 14.4 Å². The molecule has 0 aromatic heterocycles.